The van der Waals surface area contributed by atoms with E-state index in [4.69, 9.17) is 5.11 Å². The molecule has 0 aromatic carbocycles. The Kier molecular flexibility index (Phi) is 3.82. The van der Waals surface area contributed by atoms with Gasteiger partial charge in [0.2, 0.25) is 5.91 Å². The van der Waals surface area contributed by atoms with E-state index in [1.807, 2.05) is 6.92 Å². The number of carboxylic acid groups (broad SMARTS) is 1. The van der Waals surface area contributed by atoms with Crippen LogP contribution in [-0.4, -0.2) is 31.7 Å². The van der Waals surface area contributed by atoms with Gasteiger partial charge in [0.05, 0.1) is 18.4 Å². The summed E-state index contributed by atoms with van der Waals surface area (Å²) in [4.78, 5) is 23.2. The molecule has 0 spiro atoms. The first-order valence-corrected chi connectivity index (χ1v) is 6.32. The third-order valence-corrected chi connectivity index (χ3v) is 3.68. The second kappa shape index (κ2) is 5.38. The molecule has 1 saturated carbocycles. The van der Waals surface area contributed by atoms with Crippen LogP contribution in [0.5, 0.6) is 0 Å². The molecule has 1 aliphatic carbocycles. The summed E-state index contributed by atoms with van der Waals surface area (Å²) in [5, 5.41) is 19.5. The molecule has 0 aliphatic heterocycles. The first-order chi connectivity index (χ1) is 8.99. The van der Waals surface area contributed by atoms with Crippen molar-refractivity contribution in [2.75, 3.05) is 0 Å². The van der Waals surface area contributed by atoms with E-state index >= 15 is 0 Å². The largest absolute Gasteiger partial charge is 0.481 e. The molecule has 0 saturated heterocycles. The van der Waals surface area contributed by atoms with E-state index in [9.17, 15) is 9.59 Å². The highest BCUT2D eigenvalue weighted by molar-refractivity contribution is 5.85. The lowest BCUT2D eigenvalue weighted by Gasteiger charge is -2.15. The summed E-state index contributed by atoms with van der Waals surface area (Å²) < 4.78 is 1.71. The SMILES string of the molecule is CC1C[C@H](C(=O)NCc2nncn2C)[C@H](C(=O)O)C1. The van der Waals surface area contributed by atoms with Crippen LogP contribution in [-0.2, 0) is 23.2 Å². The molecule has 7 heteroatoms. The zero-order chi connectivity index (χ0) is 14.0. The fourth-order valence-electron chi connectivity index (χ4n) is 2.62. The molecule has 7 nitrogen and oxygen atoms in total. The van der Waals surface area contributed by atoms with Crippen molar-refractivity contribution in [1.82, 2.24) is 20.1 Å². The lowest BCUT2D eigenvalue weighted by molar-refractivity contribution is -0.146. The maximum Gasteiger partial charge on any atom is 0.307 e. The van der Waals surface area contributed by atoms with Gasteiger partial charge in [-0.05, 0) is 18.8 Å². The van der Waals surface area contributed by atoms with Gasteiger partial charge in [0.1, 0.15) is 6.33 Å². The Balaban J connectivity index is 1.96. The van der Waals surface area contributed by atoms with Gasteiger partial charge in [-0.2, -0.15) is 0 Å². The number of amides is 1. The van der Waals surface area contributed by atoms with Crippen LogP contribution in [0, 0.1) is 17.8 Å². The highest BCUT2D eigenvalue weighted by Gasteiger charge is 2.41. The van der Waals surface area contributed by atoms with Gasteiger partial charge in [-0.3, -0.25) is 9.59 Å². The molecule has 104 valence electrons. The Morgan fingerprint density at radius 2 is 2.16 bits per heavy atom. The summed E-state index contributed by atoms with van der Waals surface area (Å²) in [7, 11) is 1.79. The monoisotopic (exact) mass is 266 g/mol. The number of aromatic nitrogens is 3. The van der Waals surface area contributed by atoms with Gasteiger partial charge in [0.25, 0.3) is 0 Å². The molecule has 2 rings (SSSR count). The lowest BCUT2D eigenvalue weighted by Crippen LogP contribution is -2.35. The number of carbonyl (C=O) groups is 2. The fourth-order valence-corrected chi connectivity index (χ4v) is 2.62. The third kappa shape index (κ3) is 2.91. The van der Waals surface area contributed by atoms with Crippen molar-refractivity contribution in [1.29, 1.82) is 0 Å². The minimum Gasteiger partial charge on any atom is -0.481 e. The van der Waals surface area contributed by atoms with Gasteiger partial charge in [-0.25, -0.2) is 0 Å². The molecular formula is C12H18N4O3. The Morgan fingerprint density at radius 3 is 2.74 bits per heavy atom. The highest BCUT2D eigenvalue weighted by atomic mass is 16.4. The molecule has 1 heterocycles. The second-order valence-electron chi connectivity index (χ2n) is 5.20. The number of hydrogen-bond donors (Lipinski definition) is 2. The van der Waals surface area contributed by atoms with Crippen LogP contribution in [0.25, 0.3) is 0 Å². The predicted octanol–water partition coefficient (Wildman–Crippen LogP) is 0.178. The van der Waals surface area contributed by atoms with Crippen molar-refractivity contribution in [3.63, 3.8) is 0 Å². The summed E-state index contributed by atoms with van der Waals surface area (Å²) in [6.07, 6.45) is 2.75. The van der Waals surface area contributed by atoms with Crippen LogP contribution in [0.1, 0.15) is 25.6 Å². The Hall–Kier alpha value is -1.92. The minimum absolute atomic E-state index is 0.209. The molecule has 0 bridgehead atoms. The van der Waals surface area contributed by atoms with E-state index in [1.165, 1.54) is 0 Å². The van der Waals surface area contributed by atoms with E-state index in [0.29, 0.717) is 18.7 Å². The van der Waals surface area contributed by atoms with Crippen molar-refractivity contribution in [2.24, 2.45) is 24.8 Å². The van der Waals surface area contributed by atoms with Gasteiger partial charge >= 0.3 is 5.97 Å². The van der Waals surface area contributed by atoms with Crippen LogP contribution in [0.15, 0.2) is 6.33 Å². The van der Waals surface area contributed by atoms with Gasteiger partial charge in [0.15, 0.2) is 5.82 Å². The van der Waals surface area contributed by atoms with E-state index in [2.05, 4.69) is 15.5 Å². The van der Waals surface area contributed by atoms with Crippen LogP contribution in [0.3, 0.4) is 0 Å². The quantitative estimate of drug-likeness (QED) is 0.810. The highest BCUT2D eigenvalue weighted by Crippen LogP contribution is 2.36. The summed E-state index contributed by atoms with van der Waals surface area (Å²) >= 11 is 0. The molecule has 1 fully saturated rings. The summed E-state index contributed by atoms with van der Waals surface area (Å²) in [6, 6.07) is 0. The maximum absolute atomic E-state index is 12.1. The third-order valence-electron chi connectivity index (χ3n) is 3.68. The minimum atomic E-state index is -0.886. The molecule has 1 aliphatic rings. The number of aryl methyl sites for hydroxylation is 1. The zero-order valence-electron chi connectivity index (χ0n) is 11.0. The molecular weight excluding hydrogens is 248 g/mol. The summed E-state index contributed by atoms with van der Waals surface area (Å²) in [6.45, 7) is 2.25. The smallest absolute Gasteiger partial charge is 0.307 e. The van der Waals surface area contributed by atoms with Crippen molar-refractivity contribution in [3.8, 4) is 0 Å². The van der Waals surface area contributed by atoms with E-state index in [0.717, 1.165) is 0 Å². The molecule has 1 aromatic rings. The Morgan fingerprint density at radius 1 is 1.47 bits per heavy atom. The van der Waals surface area contributed by atoms with E-state index in [1.54, 1.807) is 17.9 Å². The number of aliphatic carboxylic acids is 1. The Labute approximate surface area is 111 Å². The summed E-state index contributed by atoms with van der Waals surface area (Å²) in [5.74, 6) is -1.20. The van der Waals surface area contributed by atoms with Crippen LogP contribution >= 0.6 is 0 Å². The van der Waals surface area contributed by atoms with Crippen LogP contribution in [0.4, 0.5) is 0 Å². The molecule has 2 N–H and O–H groups in total. The molecule has 1 unspecified atom stereocenters. The zero-order valence-corrected chi connectivity index (χ0v) is 11.0. The van der Waals surface area contributed by atoms with Crippen LogP contribution < -0.4 is 5.32 Å². The second-order valence-corrected chi connectivity index (χ2v) is 5.20. The number of nitrogens with zero attached hydrogens (tertiary/aromatic N) is 3. The fraction of sp³-hybridized carbons (Fsp3) is 0.667. The predicted molar refractivity (Wildman–Crippen MR) is 65.9 cm³/mol. The van der Waals surface area contributed by atoms with E-state index in [-0.39, 0.29) is 18.4 Å². The number of rotatable bonds is 4. The normalized spacial score (nSPS) is 26.3. The van der Waals surface area contributed by atoms with Crippen molar-refractivity contribution < 1.29 is 14.7 Å². The summed E-state index contributed by atoms with van der Waals surface area (Å²) in [5.41, 5.74) is 0. The Bertz CT molecular complexity index is 485. The average molecular weight is 266 g/mol. The molecule has 19 heavy (non-hydrogen) atoms. The molecule has 1 aromatic heterocycles. The van der Waals surface area contributed by atoms with Crippen molar-refractivity contribution >= 4 is 11.9 Å². The van der Waals surface area contributed by atoms with E-state index < -0.39 is 17.8 Å². The van der Waals surface area contributed by atoms with Crippen molar-refractivity contribution in [2.45, 2.75) is 26.3 Å². The first kappa shape index (κ1) is 13.5. The van der Waals surface area contributed by atoms with Gasteiger partial charge in [-0.15, -0.1) is 10.2 Å². The molecule has 0 radical (unpaired) electrons. The topological polar surface area (TPSA) is 97.1 Å². The lowest BCUT2D eigenvalue weighted by atomic mass is 9.95. The van der Waals surface area contributed by atoms with Crippen LogP contribution in [0.2, 0.25) is 0 Å². The van der Waals surface area contributed by atoms with Gasteiger partial charge in [0, 0.05) is 7.05 Å². The van der Waals surface area contributed by atoms with Crippen molar-refractivity contribution in [3.05, 3.63) is 12.2 Å². The number of carboxylic acids is 1. The maximum atomic E-state index is 12.1. The average Bonchev–Trinajstić information content (AvgIpc) is 2.92. The number of carbonyl (C=O) groups excluding carboxylic acids is 1. The first-order valence-electron chi connectivity index (χ1n) is 6.32. The molecule has 1 amide bonds. The van der Waals surface area contributed by atoms with Gasteiger partial charge < -0.3 is 15.0 Å². The molecule has 3 atom stereocenters. The number of hydrogen-bond acceptors (Lipinski definition) is 4. The standard InChI is InChI=1S/C12H18N4O3/c1-7-3-8(9(4-7)12(18)19)11(17)13-5-10-15-14-6-16(10)2/h6-9H,3-5H2,1-2H3,(H,13,17)(H,18,19)/t7?,8-,9+/m0/s1. The number of nitrogens with one attached hydrogen (secondary N) is 1. The van der Waals surface area contributed by atoms with Gasteiger partial charge in [-0.1, -0.05) is 6.92 Å².